The van der Waals surface area contributed by atoms with Crippen molar-refractivity contribution in [2.75, 3.05) is 6.61 Å². The average Bonchev–Trinajstić information content (AvgIpc) is 2.80. The number of pyridine rings is 1. The molecule has 2 nitrogen and oxygen atoms in total. The zero-order valence-electron chi connectivity index (χ0n) is 19.2. The molecule has 1 heterocycles. The molecule has 3 rings (SSSR count). The van der Waals surface area contributed by atoms with Crippen LogP contribution in [0, 0.1) is 11.8 Å². The highest BCUT2D eigenvalue weighted by molar-refractivity contribution is 5.60. The summed E-state index contributed by atoms with van der Waals surface area (Å²) in [5.41, 5.74) is 3.58. The van der Waals surface area contributed by atoms with E-state index in [9.17, 15) is 0 Å². The van der Waals surface area contributed by atoms with Crippen molar-refractivity contribution in [1.29, 1.82) is 0 Å². The van der Waals surface area contributed by atoms with Crippen LogP contribution in [0.1, 0.15) is 90.0 Å². The van der Waals surface area contributed by atoms with Gasteiger partial charge in [0, 0.05) is 11.8 Å². The van der Waals surface area contributed by atoms with Crippen LogP contribution in [-0.4, -0.2) is 11.6 Å². The number of rotatable bonds is 12. The monoisotopic (exact) mass is 407 g/mol. The molecule has 2 heteroatoms. The molecule has 0 unspecified atom stereocenters. The lowest BCUT2D eigenvalue weighted by molar-refractivity contribution is 0.249. The van der Waals surface area contributed by atoms with Gasteiger partial charge >= 0.3 is 0 Å². The second kappa shape index (κ2) is 12.8. The first-order valence-corrected chi connectivity index (χ1v) is 12.5. The number of ether oxygens (including phenoxy) is 1. The third-order valence-corrected chi connectivity index (χ3v) is 6.76. The normalized spacial score (nSPS) is 19.0. The van der Waals surface area contributed by atoms with Crippen molar-refractivity contribution in [1.82, 2.24) is 4.98 Å². The highest BCUT2D eigenvalue weighted by Crippen LogP contribution is 2.34. The molecule has 0 N–H and O–H groups in total. The Morgan fingerprint density at radius 1 is 0.800 bits per heavy atom. The molecule has 0 aliphatic heterocycles. The quantitative estimate of drug-likeness (QED) is 0.330. The summed E-state index contributed by atoms with van der Waals surface area (Å²) in [4.78, 5) is 4.73. The summed E-state index contributed by atoms with van der Waals surface area (Å²) in [7, 11) is 0. The Morgan fingerprint density at radius 3 is 2.13 bits per heavy atom. The molecule has 1 aliphatic carbocycles. The van der Waals surface area contributed by atoms with Crippen LogP contribution < -0.4 is 4.74 Å². The first kappa shape index (κ1) is 22.8. The van der Waals surface area contributed by atoms with Gasteiger partial charge in [-0.15, -0.1) is 0 Å². The van der Waals surface area contributed by atoms with Crippen molar-refractivity contribution >= 4 is 0 Å². The van der Waals surface area contributed by atoms with Gasteiger partial charge in [0.25, 0.3) is 0 Å². The summed E-state index contributed by atoms with van der Waals surface area (Å²) in [6.07, 6.45) is 18.3. The largest absolute Gasteiger partial charge is 0.494 e. The van der Waals surface area contributed by atoms with E-state index in [1.807, 2.05) is 0 Å². The van der Waals surface area contributed by atoms with Gasteiger partial charge in [0.2, 0.25) is 0 Å². The number of benzene rings is 1. The molecule has 0 saturated heterocycles. The van der Waals surface area contributed by atoms with Crippen molar-refractivity contribution in [2.24, 2.45) is 11.8 Å². The summed E-state index contributed by atoms with van der Waals surface area (Å²) < 4.78 is 5.76. The van der Waals surface area contributed by atoms with E-state index in [0.29, 0.717) is 0 Å². The second-order valence-corrected chi connectivity index (χ2v) is 9.20. The molecule has 1 saturated carbocycles. The first-order valence-electron chi connectivity index (χ1n) is 12.5. The number of hydrogen-bond donors (Lipinski definition) is 0. The highest BCUT2D eigenvalue weighted by atomic mass is 16.5. The molecular weight excluding hydrogens is 366 g/mol. The molecule has 1 aliphatic rings. The van der Waals surface area contributed by atoms with Gasteiger partial charge in [-0.1, -0.05) is 77.7 Å². The molecule has 0 amide bonds. The van der Waals surface area contributed by atoms with E-state index in [4.69, 9.17) is 9.72 Å². The van der Waals surface area contributed by atoms with Crippen LogP contribution in [-0.2, 0) is 6.42 Å². The van der Waals surface area contributed by atoms with E-state index < -0.39 is 0 Å². The molecule has 0 atom stereocenters. The molecule has 164 valence electrons. The van der Waals surface area contributed by atoms with Gasteiger partial charge in [0.1, 0.15) is 5.75 Å². The Kier molecular flexibility index (Phi) is 9.73. The number of aromatic nitrogens is 1. The minimum absolute atomic E-state index is 0.795. The number of nitrogens with zero attached hydrogens (tertiary/aromatic N) is 1. The topological polar surface area (TPSA) is 22.1 Å². The summed E-state index contributed by atoms with van der Waals surface area (Å²) >= 11 is 0. The maximum absolute atomic E-state index is 5.76. The summed E-state index contributed by atoms with van der Waals surface area (Å²) in [5.74, 6) is 2.88. The van der Waals surface area contributed by atoms with Crippen LogP contribution in [0.3, 0.4) is 0 Å². The van der Waals surface area contributed by atoms with Crippen molar-refractivity contribution in [3.05, 3.63) is 48.2 Å². The minimum Gasteiger partial charge on any atom is -0.494 e. The third-order valence-electron chi connectivity index (χ3n) is 6.76. The Hall–Kier alpha value is -1.83. The number of aryl methyl sites for hydroxylation is 1. The van der Waals surface area contributed by atoms with Gasteiger partial charge in [-0.3, -0.25) is 4.98 Å². The Labute approximate surface area is 184 Å². The van der Waals surface area contributed by atoms with Crippen LogP contribution in [0.2, 0.25) is 0 Å². The Balaban J connectivity index is 1.41. The van der Waals surface area contributed by atoms with Crippen molar-refractivity contribution in [3.63, 3.8) is 0 Å². The van der Waals surface area contributed by atoms with E-state index >= 15 is 0 Å². The third kappa shape index (κ3) is 7.45. The van der Waals surface area contributed by atoms with Crippen molar-refractivity contribution < 1.29 is 4.74 Å². The van der Waals surface area contributed by atoms with E-state index in [0.717, 1.165) is 48.3 Å². The van der Waals surface area contributed by atoms with Crippen LogP contribution in [0.15, 0.2) is 42.6 Å². The molecule has 1 fully saturated rings. The highest BCUT2D eigenvalue weighted by Gasteiger charge is 2.20. The molecular formula is C28H41NO. The van der Waals surface area contributed by atoms with Gasteiger partial charge in [0.15, 0.2) is 0 Å². The average molecular weight is 408 g/mol. The molecule has 0 bridgehead atoms. The summed E-state index contributed by atoms with van der Waals surface area (Å²) in [5, 5.41) is 0. The maximum Gasteiger partial charge on any atom is 0.119 e. The predicted octanol–water partition coefficient (Wildman–Crippen LogP) is 8.25. The molecule has 0 spiro atoms. The standard InChI is InChI=1S/C28H41NO/c1-3-5-7-8-23-9-11-24(12-10-23)13-14-25-15-20-28(29-22-25)26-16-18-27(19-17-26)30-21-6-4-2/h15-20,22-24H,3-14,21H2,1-2H3. The van der Waals surface area contributed by atoms with E-state index in [1.165, 1.54) is 69.8 Å². The molecule has 0 radical (unpaired) electrons. The lowest BCUT2D eigenvalue weighted by Gasteiger charge is -2.28. The van der Waals surface area contributed by atoms with Crippen LogP contribution >= 0.6 is 0 Å². The van der Waals surface area contributed by atoms with Gasteiger partial charge in [-0.05, 0) is 67.0 Å². The predicted molar refractivity (Wildman–Crippen MR) is 128 cm³/mol. The molecule has 1 aromatic heterocycles. The number of unbranched alkanes of at least 4 members (excludes halogenated alkanes) is 3. The summed E-state index contributed by atoms with van der Waals surface area (Å²) in [6.45, 7) is 5.28. The summed E-state index contributed by atoms with van der Waals surface area (Å²) in [6, 6.07) is 12.8. The first-order chi connectivity index (χ1) is 14.8. The van der Waals surface area contributed by atoms with Gasteiger partial charge in [-0.2, -0.15) is 0 Å². The van der Waals surface area contributed by atoms with Crippen molar-refractivity contribution in [3.8, 4) is 17.0 Å². The Morgan fingerprint density at radius 2 is 1.50 bits per heavy atom. The van der Waals surface area contributed by atoms with E-state index in [1.54, 1.807) is 0 Å². The van der Waals surface area contributed by atoms with Crippen LogP contribution in [0.25, 0.3) is 11.3 Å². The lowest BCUT2D eigenvalue weighted by Crippen LogP contribution is -2.15. The van der Waals surface area contributed by atoms with Gasteiger partial charge in [0.05, 0.1) is 12.3 Å². The fourth-order valence-corrected chi connectivity index (χ4v) is 4.66. The fraction of sp³-hybridized carbons (Fsp3) is 0.607. The second-order valence-electron chi connectivity index (χ2n) is 9.20. The zero-order chi connectivity index (χ0) is 21.0. The molecule has 2 aromatic rings. The fourth-order valence-electron chi connectivity index (χ4n) is 4.66. The zero-order valence-corrected chi connectivity index (χ0v) is 19.2. The maximum atomic E-state index is 5.76. The van der Waals surface area contributed by atoms with Crippen LogP contribution in [0.5, 0.6) is 5.75 Å². The lowest BCUT2D eigenvalue weighted by atomic mass is 9.78. The smallest absolute Gasteiger partial charge is 0.119 e. The van der Waals surface area contributed by atoms with Gasteiger partial charge < -0.3 is 4.74 Å². The van der Waals surface area contributed by atoms with Gasteiger partial charge in [-0.25, -0.2) is 0 Å². The van der Waals surface area contributed by atoms with Crippen molar-refractivity contribution in [2.45, 2.75) is 90.9 Å². The Bertz CT molecular complexity index is 698. The molecule has 30 heavy (non-hydrogen) atoms. The molecule has 1 aromatic carbocycles. The van der Waals surface area contributed by atoms with E-state index in [-0.39, 0.29) is 0 Å². The van der Waals surface area contributed by atoms with E-state index in [2.05, 4.69) is 56.4 Å². The SMILES string of the molecule is CCCCCC1CCC(CCc2ccc(-c3ccc(OCCCC)cc3)nc2)CC1. The van der Waals surface area contributed by atoms with Crippen LogP contribution in [0.4, 0.5) is 0 Å². The minimum atomic E-state index is 0.795. The number of hydrogen-bond acceptors (Lipinski definition) is 2.